The third kappa shape index (κ3) is 6.67. The van der Waals surface area contributed by atoms with E-state index in [1.807, 2.05) is 27.7 Å². The molecule has 0 saturated heterocycles. The molecule has 0 amide bonds. The number of aliphatic hydroxyl groups is 1. The minimum absolute atomic E-state index is 0.0170. The first-order valence-corrected chi connectivity index (χ1v) is 10.0. The molecule has 9 heteroatoms. The topological polar surface area (TPSA) is 92.4 Å². The van der Waals surface area contributed by atoms with Crippen LogP contribution in [0.15, 0.2) is 29.3 Å². The number of nitrogens with zero attached hydrogens (tertiary/aromatic N) is 2. The number of benzene rings is 1. The van der Waals surface area contributed by atoms with Crippen LogP contribution in [0.25, 0.3) is 0 Å². The standard InChI is InChI=1S/C12H22N2O4S.C6H4F2/c1-8(2)11-12(19(16,17)18)14(9(3)4)10(13-11)6-5-7-15;7-5-2-1-3-6(8)4-5/h8-9,15H,5-7H2,1-4H3,(H,16,17,18);1-4H. The van der Waals surface area contributed by atoms with Crippen LogP contribution in [0.3, 0.4) is 0 Å². The molecule has 0 spiro atoms. The second-order valence-corrected chi connectivity index (χ2v) is 7.92. The molecule has 0 atom stereocenters. The first-order valence-electron chi connectivity index (χ1n) is 8.59. The maximum absolute atomic E-state index is 11.9. The molecule has 0 aliphatic carbocycles. The van der Waals surface area contributed by atoms with E-state index in [1.54, 1.807) is 4.57 Å². The zero-order chi connectivity index (χ0) is 20.8. The summed E-state index contributed by atoms with van der Waals surface area (Å²) >= 11 is 0. The number of aryl methyl sites for hydroxylation is 1. The highest BCUT2D eigenvalue weighted by atomic mass is 32.2. The molecule has 0 radical (unpaired) electrons. The number of aliphatic hydroxyl groups excluding tert-OH is 1. The lowest BCUT2D eigenvalue weighted by Gasteiger charge is -2.14. The van der Waals surface area contributed by atoms with E-state index in [0.717, 1.165) is 6.07 Å². The van der Waals surface area contributed by atoms with E-state index in [4.69, 9.17) is 5.11 Å². The van der Waals surface area contributed by atoms with E-state index in [9.17, 15) is 21.8 Å². The van der Waals surface area contributed by atoms with Gasteiger partial charge in [-0.3, -0.25) is 4.55 Å². The van der Waals surface area contributed by atoms with Crippen molar-refractivity contribution >= 4 is 10.1 Å². The SMILES string of the molecule is CC(C)c1nc(CCCO)n(C(C)C)c1S(=O)(=O)O.Fc1cccc(F)c1. The highest BCUT2D eigenvalue weighted by molar-refractivity contribution is 7.85. The molecule has 0 bridgehead atoms. The molecular weight excluding hydrogens is 378 g/mol. The summed E-state index contributed by atoms with van der Waals surface area (Å²) in [5, 5.41) is 8.78. The fourth-order valence-electron chi connectivity index (χ4n) is 2.52. The Labute approximate surface area is 158 Å². The van der Waals surface area contributed by atoms with Crippen LogP contribution in [0.2, 0.25) is 0 Å². The number of rotatable bonds is 6. The monoisotopic (exact) mass is 404 g/mol. The van der Waals surface area contributed by atoms with Crippen molar-refractivity contribution in [2.75, 3.05) is 6.61 Å². The van der Waals surface area contributed by atoms with Crippen molar-refractivity contribution in [3.05, 3.63) is 47.4 Å². The van der Waals surface area contributed by atoms with E-state index in [0.29, 0.717) is 24.4 Å². The maximum atomic E-state index is 11.9. The van der Waals surface area contributed by atoms with Crippen LogP contribution in [-0.4, -0.2) is 34.2 Å². The van der Waals surface area contributed by atoms with E-state index in [-0.39, 0.29) is 23.6 Å². The van der Waals surface area contributed by atoms with Crippen molar-refractivity contribution < 1.29 is 26.9 Å². The summed E-state index contributed by atoms with van der Waals surface area (Å²) < 4.78 is 58.1. The summed E-state index contributed by atoms with van der Waals surface area (Å²) in [4.78, 5) is 4.35. The Bertz CT molecular complexity index is 832. The highest BCUT2D eigenvalue weighted by Crippen LogP contribution is 2.28. The largest absolute Gasteiger partial charge is 0.396 e. The minimum Gasteiger partial charge on any atom is -0.396 e. The molecule has 0 saturated carbocycles. The van der Waals surface area contributed by atoms with Gasteiger partial charge in [0.15, 0.2) is 5.03 Å². The van der Waals surface area contributed by atoms with Gasteiger partial charge in [-0.25, -0.2) is 13.8 Å². The molecule has 2 rings (SSSR count). The Hall–Kier alpha value is -1.84. The molecule has 6 nitrogen and oxygen atoms in total. The fraction of sp³-hybridized carbons (Fsp3) is 0.500. The van der Waals surface area contributed by atoms with Gasteiger partial charge in [0.05, 0.1) is 5.69 Å². The zero-order valence-electron chi connectivity index (χ0n) is 15.9. The molecule has 1 heterocycles. The van der Waals surface area contributed by atoms with Crippen LogP contribution < -0.4 is 0 Å². The highest BCUT2D eigenvalue weighted by Gasteiger charge is 2.28. The van der Waals surface area contributed by atoms with Gasteiger partial charge in [-0.15, -0.1) is 0 Å². The van der Waals surface area contributed by atoms with Gasteiger partial charge < -0.3 is 9.67 Å². The van der Waals surface area contributed by atoms with Gasteiger partial charge in [0.1, 0.15) is 17.5 Å². The molecule has 2 aromatic rings. The molecule has 0 aliphatic rings. The lowest BCUT2D eigenvalue weighted by atomic mass is 10.1. The summed E-state index contributed by atoms with van der Waals surface area (Å²) in [6.45, 7) is 7.35. The smallest absolute Gasteiger partial charge is 0.312 e. The molecule has 0 fully saturated rings. The lowest BCUT2D eigenvalue weighted by Crippen LogP contribution is -2.15. The fourth-order valence-corrected chi connectivity index (χ4v) is 3.63. The quantitative estimate of drug-likeness (QED) is 0.716. The minimum atomic E-state index is -4.32. The van der Waals surface area contributed by atoms with Gasteiger partial charge in [-0.1, -0.05) is 19.9 Å². The Morgan fingerprint density at radius 2 is 1.70 bits per heavy atom. The predicted molar refractivity (Wildman–Crippen MR) is 98.3 cm³/mol. The molecule has 1 aromatic carbocycles. The number of halogens is 2. The molecule has 2 N–H and O–H groups in total. The second kappa shape index (κ2) is 9.91. The van der Waals surface area contributed by atoms with Gasteiger partial charge in [0, 0.05) is 25.1 Å². The van der Waals surface area contributed by atoms with Crippen molar-refractivity contribution in [3.63, 3.8) is 0 Å². The Morgan fingerprint density at radius 3 is 2.04 bits per heavy atom. The van der Waals surface area contributed by atoms with Crippen LogP contribution in [0, 0.1) is 11.6 Å². The predicted octanol–water partition coefficient (Wildman–Crippen LogP) is 3.72. The maximum Gasteiger partial charge on any atom is 0.312 e. The number of imidazole rings is 1. The van der Waals surface area contributed by atoms with Crippen molar-refractivity contribution in [2.45, 2.75) is 57.5 Å². The van der Waals surface area contributed by atoms with Crippen LogP contribution in [0.1, 0.15) is 57.6 Å². The normalized spacial score (nSPS) is 11.6. The Morgan fingerprint density at radius 1 is 1.15 bits per heavy atom. The van der Waals surface area contributed by atoms with Crippen LogP contribution >= 0.6 is 0 Å². The van der Waals surface area contributed by atoms with Crippen LogP contribution in [0.4, 0.5) is 8.78 Å². The Balaban J connectivity index is 0.000000377. The van der Waals surface area contributed by atoms with Gasteiger partial charge >= 0.3 is 10.1 Å². The van der Waals surface area contributed by atoms with Crippen molar-refractivity contribution in [2.24, 2.45) is 0 Å². The first kappa shape index (κ1) is 23.2. The molecule has 0 unspecified atom stereocenters. The molecule has 152 valence electrons. The molecule has 27 heavy (non-hydrogen) atoms. The average Bonchev–Trinajstić information content (AvgIpc) is 2.93. The molecule has 1 aromatic heterocycles. The van der Waals surface area contributed by atoms with Crippen LogP contribution in [0.5, 0.6) is 0 Å². The third-order valence-corrected chi connectivity index (χ3v) is 4.51. The number of hydrogen-bond donors (Lipinski definition) is 2. The average molecular weight is 404 g/mol. The van der Waals surface area contributed by atoms with E-state index in [1.165, 1.54) is 18.2 Å². The lowest BCUT2D eigenvalue weighted by molar-refractivity contribution is 0.286. The van der Waals surface area contributed by atoms with Crippen molar-refractivity contribution in [3.8, 4) is 0 Å². The van der Waals surface area contributed by atoms with Gasteiger partial charge in [-0.2, -0.15) is 8.42 Å². The Kier molecular flexibility index (Phi) is 8.52. The third-order valence-electron chi connectivity index (χ3n) is 3.62. The van der Waals surface area contributed by atoms with Crippen molar-refractivity contribution in [1.29, 1.82) is 0 Å². The van der Waals surface area contributed by atoms with Gasteiger partial charge in [-0.05, 0) is 38.3 Å². The summed E-state index contributed by atoms with van der Waals surface area (Å²) in [6, 6.07) is 4.42. The number of aromatic nitrogens is 2. The van der Waals surface area contributed by atoms with Crippen molar-refractivity contribution in [1.82, 2.24) is 9.55 Å². The molecular formula is C18H26F2N2O4S. The molecule has 0 aliphatic heterocycles. The summed E-state index contributed by atoms with van der Waals surface area (Å²) in [5.74, 6) is -0.597. The zero-order valence-corrected chi connectivity index (χ0v) is 16.7. The van der Waals surface area contributed by atoms with Gasteiger partial charge in [0.2, 0.25) is 0 Å². The van der Waals surface area contributed by atoms with E-state index < -0.39 is 21.8 Å². The second-order valence-electron chi connectivity index (χ2n) is 6.58. The first-order chi connectivity index (χ1) is 12.5. The summed E-state index contributed by atoms with van der Waals surface area (Å²) in [5.41, 5.74) is 0.379. The summed E-state index contributed by atoms with van der Waals surface area (Å²) in [6.07, 6.45) is 0.982. The van der Waals surface area contributed by atoms with Crippen LogP contribution in [-0.2, 0) is 16.5 Å². The van der Waals surface area contributed by atoms with E-state index >= 15 is 0 Å². The van der Waals surface area contributed by atoms with E-state index in [2.05, 4.69) is 4.98 Å². The summed E-state index contributed by atoms with van der Waals surface area (Å²) in [7, 11) is -4.32. The number of hydrogen-bond acceptors (Lipinski definition) is 4. The van der Waals surface area contributed by atoms with Gasteiger partial charge in [0.25, 0.3) is 0 Å².